The molecule has 2 amide bonds. The van der Waals surface area contributed by atoms with Crippen LogP contribution in [0.15, 0.2) is 4.34 Å². The Morgan fingerprint density at radius 3 is 2.58 bits per heavy atom. The minimum atomic E-state index is -0.290. The Hall–Kier alpha value is -1.35. The highest BCUT2D eigenvalue weighted by Crippen LogP contribution is 2.27. The molecule has 9 heteroatoms. The fourth-order valence-electron chi connectivity index (χ4n) is 1.10. The molecule has 0 spiro atoms. The summed E-state index contributed by atoms with van der Waals surface area (Å²) in [6.45, 7) is 2.12. The summed E-state index contributed by atoms with van der Waals surface area (Å²) < 4.78 is 5.44. The summed E-state index contributed by atoms with van der Waals surface area (Å²) in [6, 6.07) is -0.182. The van der Waals surface area contributed by atoms with Gasteiger partial charge in [0.15, 0.2) is 4.34 Å². The first-order chi connectivity index (χ1) is 8.95. The average Bonchev–Trinajstić information content (AvgIpc) is 2.83. The minimum Gasteiger partial charge on any atom is -0.465 e. The number of carbonyl (C=O) groups is 2. The maximum atomic E-state index is 11.7. The van der Waals surface area contributed by atoms with E-state index >= 15 is 0 Å². The van der Waals surface area contributed by atoms with Crippen LogP contribution in [0, 0.1) is 0 Å². The number of thioether (sulfide) groups is 1. The van der Waals surface area contributed by atoms with Crippen molar-refractivity contribution < 1.29 is 14.3 Å². The molecule has 7 nitrogen and oxygen atoms in total. The third-order valence-electron chi connectivity index (χ3n) is 1.97. The number of anilines is 1. The van der Waals surface area contributed by atoms with E-state index in [1.54, 1.807) is 28.1 Å². The van der Waals surface area contributed by atoms with Crippen LogP contribution in [0.2, 0.25) is 0 Å². The van der Waals surface area contributed by atoms with Gasteiger partial charge in [-0.15, -0.1) is 10.2 Å². The second-order valence-corrected chi connectivity index (χ2v) is 5.86. The van der Waals surface area contributed by atoms with Crippen molar-refractivity contribution in [2.45, 2.75) is 11.3 Å². The van der Waals surface area contributed by atoms with Crippen LogP contribution in [0.3, 0.4) is 0 Å². The highest BCUT2D eigenvalue weighted by molar-refractivity contribution is 8.01. The lowest BCUT2D eigenvalue weighted by molar-refractivity contribution is -0.139. The van der Waals surface area contributed by atoms with Crippen LogP contribution in [0.5, 0.6) is 0 Å². The van der Waals surface area contributed by atoms with E-state index in [9.17, 15) is 9.59 Å². The van der Waals surface area contributed by atoms with Crippen molar-refractivity contribution in [2.24, 2.45) is 0 Å². The summed E-state index contributed by atoms with van der Waals surface area (Å²) in [5.74, 6) is -0.102. The number of hydrogen-bond donors (Lipinski definition) is 0. The van der Waals surface area contributed by atoms with Crippen LogP contribution in [-0.4, -0.2) is 60.6 Å². The van der Waals surface area contributed by atoms with Crippen LogP contribution in [0.4, 0.5) is 9.93 Å². The molecular weight excluding hydrogens is 288 g/mol. The Balaban J connectivity index is 2.57. The van der Waals surface area contributed by atoms with Crippen LogP contribution in [0.1, 0.15) is 6.92 Å². The zero-order chi connectivity index (χ0) is 14.4. The van der Waals surface area contributed by atoms with Crippen molar-refractivity contribution in [1.82, 2.24) is 15.1 Å². The fourth-order valence-corrected chi connectivity index (χ4v) is 2.70. The van der Waals surface area contributed by atoms with E-state index in [2.05, 4.69) is 10.2 Å². The average molecular weight is 304 g/mol. The van der Waals surface area contributed by atoms with Crippen molar-refractivity contribution in [3.8, 4) is 0 Å². The number of nitrogens with zero attached hydrogens (tertiary/aromatic N) is 4. The Morgan fingerprint density at radius 2 is 2.00 bits per heavy atom. The van der Waals surface area contributed by atoms with Gasteiger partial charge in [0.25, 0.3) is 0 Å². The summed E-state index contributed by atoms with van der Waals surface area (Å²) in [7, 11) is 4.95. The van der Waals surface area contributed by atoms with Gasteiger partial charge in [-0.2, -0.15) is 0 Å². The minimum absolute atomic E-state index is 0.182. The summed E-state index contributed by atoms with van der Waals surface area (Å²) in [4.78, 5) is 25.8. The summed E-state index contributed by atoms with van der Waals surface area (Å²) in [5, 5.41) is 8.33. The van der Waals surface area contributed by atoms with Gasteiger partial charge in [-0.1, -0.05) is 23.1 Å². The van der Waals surface area contributed by atoms with Gasteiger partial charge in [0.05, 0.1) is 12.4 Å². The van der Waals surface area contributed by atoms with E-state index < -0.39 is 0 Å². The lowest BCUT2D eigenvalue weighted by atomic mass is 10.7. The van der Waals surface area contributed by atoms with Crippen molar-refractivity contribution >= 4 is 40.2 Å². The molecule has 0 atom stereocenters. The maximum absolute atomic E-state index is 11.7. The van der Waals surface area contributed by atoms with Crippen molar-refractivity contribution in [3.05, 3.63) is 0 Å². The SMILES string of the molecule is CCOC(=O)CSc1nnc(N(C)C(=O)N(C)C)s1. The molecular formula is C10H16N4O3S2. The summed E-state index contributed by atoms with van der Waals surface area (Å²) in [6.07, 6.45) is 0. The zero-order valence-electron chi connectivity index (χ0n) is 11.2. The highest BCUT2D eigenvalue weighted by Gasteiger charge is 2.17. The Morgan fingerprint density at radius 1 is 1.32 bits per heavy atom. The molecule has 1 heterocycles. The summed E-state index contributed by atoms with van der Waals surface area (Å²) >= 11 is 2.50. The van der Waals surface area contributed by atoms with E-state index in [4.69, 9.17) is 4.74 Å². The third kappa shape index (κ3) is 4.67. The van der Waals surface area contributed by atoms with Crippen LogP contribution >= 0.6 is 23.1 Å². The molecule has 0 fully saturated rings. The molecule has 0 saturated carbocycles. The molecule has 19 heavy (non-hydrogen) atoms. The molecule has 1 rings (SSSR count). The van der Waals surface area contributed by atoms with E-state index in [1.165, 1.54) is 32.9 Å². The molecule has 1 aromatic rings. The van der Waals surface area contributed by atoms with Gasteiger partial charge >= 0.3 is 12.0 Å². The van der Waals surface area contributed by atoms with Crippen molar-refractivity contribution in [2.75, 3.05) is 38.4 Å². The van der Waals surface area contributed by atoms with Gasteiger partial charge < -0.3 is 9.64 Å². The van der Waals surface area contributed by atoms with Crippen LogP contribution in [-0.2, 0) is 9.53 Å². The lowest BCUT2D eigenvalue weighted by Crippen LogP contribution is -2.36. The van der Waals surface area contributed by atoms with E-state index in [0.717, 1.165) is 0 Å². The van der Waals surface area contributed by atoms with Gasteiger partial charge in [0.2, 0.25) is 5.13 Å². The molecule has 0 saturated heterocycles. The summed E-state index contributed by atoms with van der Waals surface area (Å²) in [5.41, 5.74) is 0. The lowest BCUT2D eigenvalue weighted by Gasteiger charge is -2.18. The van der Waals surface area contributed by atoms with Gasteiger partial charge in [-0.3, -0.25) is 9.69 Å². The number of rotatable bonds is 5. The molecule has 0 radical (unpaired) electrons. The normalized spacial score (nSPS) is 10.1. The van der Waals surface area contributed by atoms with Crippen LogP contribution < -0.4 is 4.90 Å². The second kappa shape index (κ2) is 7.29. The topological polar surface area (TPSA) is 75.6 Å². The number of hydrogen-bond acceptors (Lipinski definition) is 7. The highest BCUT2D eigenvalue weighted by atomic mass is 32.2. The van der Waals surface area contributed by atoms with E-state index in [-0.39, 0.29) is 17.8 Å². The number of aromatic nitrogens is 2. The Bertz CT molecular complexity index is 450. The number of ether oxygens (including phenoxy) is 1. The van der Waals surface area contributed by atoms with Crippen LogP contribution in [0.25, 0.3) is 0 Å². The second-order valence-electron chi connectivity index (χ2n) is 3.68. The number of esters is 1. The Labute approximate surface area is 119 Å². The first-order valence-electron chi connectivity index (χ1n) is 5.52. The van der Waals surface area contributed by atoms with Gasteiger partial charge in [-0.05, 0) is 6.92 Å². The monoisotopic (exact) mass is 304 g/mol. The smallest absolute Gasteiger partial charge is 0.325 e. The van der Waals surface area contributed by atoms with E-state index in [1.807, 2.05) is 0 Å². The van der Waals surface area contributed by atoms with Gasteiger partial charge in [-0.25, -0.2) is 4.79 Å². The fraction of sp³-hybridized carbons (Fsp3) is 0.600. The molecule has 0 N–H and O–H groups in total. The molecule has 0 aliphatic heterocycles. The molecule has 106 valence electrons. The molecule has 0 aromatic carbocycles. The number of amides is 2. The van der Waals surface area contributed by atoms with Crippen molar-refractivity contribution in [3.63, 3.8) is 0 Å². The molecule has 0 bridgehead atoms. The number of urea groups is 1. The third-order valence-corrected chi connectivity index (χ3v) is 4.08. The standard InChI is InChI=1S/C10H16N4O3S2/c1-5-17-7(15)6-18-9-12-11-8(19-9)14(4)10(16)13(2)3/h5-6H2,1-4H3. The molecule has 0 aliphatic carbocycles. The Kier molecular flexibility index (Phi) is 6.03. The zero-order valence-corrected chi connectivity index (χ0v) is 12.9. The maximum Gasteiger partial charge on any atom is 0.325 e. The first-order valence-corrected chi connectivity index (χ1v) is 7.32. The predicted octanol–water partition coefficient (Wildman–Crippen LogP) is 1.31. The van der Waals surface area contributed by atoms with Crippen molar-refractivity contribution in [1.29, 1.82) is 0 Å². The van der Waals surface area contributed by atoms with Gasteiger partial charge in [0.1, 0.15) is 0 Å². The molecule has 0 aliphatic rings. The quantitative estimate of drug-likeness (QED) is 0.464. The predicted molar refractivity (Wildman–Crippen MR) is 74.8 cm³/mol. The first kappa shape index (κ1) is 15.7. The molecule has 1 aromatic heterocycles. The molecule has 0 unspecified atom stereocenters. The van der Waals surface area contributed by atoms with E-state index in [0.29, 0.717) is 16.1 Å². The van der Waals surface area contributed by atoms with Gasteiger partial charge in [0, 0.05) is 21.1 Å². The largest absolute Gasteiger partial charge is 0.465 e. The number of carbonyl (C=O) groups excluding carboxylic acids is 2.